The molecule has 4 nitrogen and oxygen atoms in total. The maximum Gasteiger partial charge on any atom is 0.0645 e. The number of para-hydroxylation sites is 1. The molecule has 2 aromatic rings. The van der Waals surface area contributed by atoms with Gasteiger partial charge < -0.3 is 5.11 Å². The molecular weight excluding hydrogens is 262 g/mol. The second-order valence-corrected chi connectivity index (χ2v) is 6.39. The van der Waals surface area contributed by atoms with E-state index in [0.29, 0.717) is 11.8 Å². The molecule has 1 aromatic heterocycles. The lowest BCUT2D eigenvalue weighted by atomic mass is 10.00. The monoisotopic (exact) mass is 283 g/mol. The van der Waals surface area contributed by atoms with Gasteiger partial charge in [0.1, 0.15) is 0 Å². The van der Waals surface area contributed by atoms with Crippen LogP contribution < -0.4 is 0 Å². The van der Waals surface area contributed by atoms with Crippen molar-refractivity contribution in [1.29, 1.82) is 0 Å². The highest BCUT2D eigenvalue weighted by atomic mass is 16.3. The van der Waals surface area contributed by atoms with E-state index in [0.717, 1.165) is 31.7 Å². The van der Waals surface area contributed by atoms with Crippen molar-refractivity contribution < 1.29 is 5.11 Å². The molecule has 4 heteroatoms. The topological polar surface area (TPSA) is 41.3 Å². The van der Waals surface area contributed by atoms with Crippen LogP contribution in [0.25, 0.3) is 5.69 Å². The van der Waals surface area contributed by atoms with Crippen LogP contribution in [0.15, 0.2) is 42.7 Å². The summed E-state index contributed by atoms with van der Waals surface area (Å²) in [7, 11) is 0. The van der Waals surface area contributed by atoms with E-state index >= 15 is 0 Å². The molecule has 21 heavy (non-hydrogen) atoms. The first-order valence-electron chi connectivity index (χ1n) is 7.79. The molecule has 3 atom stereocenters. The van der Waals surface area contributed by atoms with Crippen molar-refractivity contribution in [2.45, 2.75) is 25.5 Å². The largest absolute Gasteiger partial charge is 0.393 e. The number of fused-ring (bicyclic) bond motifs is 1. The fraction of sp³-hybridized carbons (Fsp3) is 0.471. The molecule has 1 aliphatic carbocycles. The van der Waals surface area contributed by atoms with Crippen molar-refractivity contribution >= 4 is 0 Å². The fourth-order valence-electron chi connectivity index (χ4n) is 3.88. The summed E-state index contributed by atoms with van der Waals surface area (Å²) in [4.78, 5) is 2.46. The second kappa shape index (κ2) is 5.28. The maximum absolute atomic E-state index is 9.99. The normalized spacial score (nSPS) is 28.9. The molecule has 2 fully saturated rings. The number of hydrogen-bond donors (Lipinski definition) is 1. The van der Waals surface area contributed by atoms with Crippen LogP contribution in [0.2, 0.25) is 0 Å². The quantitative estimate of drug-likeness (QED) is 0.937. The van der Waals surface area contributed by atoms with E-state index in [4.69, 9.17) is 0 Å². The Morgan fingerprint density at radius 2 is 2.00 bits per heavy atom. The summed E-state index contributed by atoms with van der Waals surface area (Å²) in [6, 6.07) is 10.2. The number of aliphatic hydroxyl groups is 1. The van der Waals surface area contributed by atoms with Gasteiger partial charge in [-0.25, -0.2) is 4.68 Å². The Balaban J connectivity index is 1.44. The van der Waals surface area contributed by atoms with Crippen LogP contribution in [-0.2, 0) is 6.54 Å². The highest BCUT2D eigenvalue weighted by Crippen LogP contribution is 2.38. The van der Waals surface area contributed by atoms with Crippen molar-refractivity contribution in [3.8, 4) is 5.69 Å². The number of nitrogens with zero attached hydrogens (tertiary/aromatic N) is 3. The first-order valence-corrected chi connectivity index (χ1v) is 7.79. The minimum atomic E-state index is -0.0768. The SMILES string of the molecule is OC1CCC2CN(Cc3cnn(-c4ccccc4)c3)CC12. The number of aromatic nitrogens is 2. The lowest BCUT2D eigenvalue weighted by Crippen LogP contribution is -2.24. The summed E-state index contributed by atoms with van der Waals surface area (Å²) in [5, 5.41) is 14.4. The molecule has 2 aliphatic rings. The van der Waals surface area contributed by atoms with Crippen LogP contribution in [0.5, 0.6) is 0 Å². The predicted octanol–water partition coefficient (Wildman–Crippen LogP) is 2.08. The summed E-state index contributed by atoms with van der Waals surface area (Å²) < 4.78 is 1.93. The minimum absolute atomic E-state index is 0.0768. The average Bonchev–Trinajstić information content (AvgIpc) is 3.19. The summed E-state index contributed by atoms with van der Waals surface area (Å²) >= 11 is 0. The smallest absolute Gasteiger partial charge is 0.0645 e. The first kappa shape index (κ1) is 13.0. The van der Waals surface area contributed by atoms with Gasteiger partial charge in [0.25, 0.3) is 0 Å². The van der Waals surface area contributed by atoms with Crippen LogP contribution in [0.1, 0.15) is 18.4 Å². The van der Waals surface area contributed by atoms with E-state index in [2.05, 4.69) is 28.3 Å². The van der Waals surface area contributed by atoms with E-state index in [9.17, 15) is 5.11 Å². The van der Waals surface area contributed by atoms with Crippen molar-refractivity contribution in [1.82, 2.24) is 14.7 Å². The first-order chi connectivity index (χ1) is 10.3. The minimum Gasteiger partial charge on any atom is -0.393 e. The molecule has 0 spiro atoms. The van der Waals surface area contributed by atoms with Crippen molar-refractivity contribution in [3.05, 3.63) is 48.3 Å². The number of benzene rings is 1. The van der Waals surface area contributed by atoms with Gasteiger partial charge in [-0.05, 0) is 30.9 Å². The molecule has 1 aliphatic heterocycles. The van der Waals surface area contributed by atoms with Gasteiger partial charge in [0, 0.05) is 37.3 Å². The molecule has 110 valence electrons. The van der Waals surface area contributed by atoms with Crippen LogP contribution in [-0.4, -0.2) is 39.0 Å². The van der Waals surface area contributed by atoms with E-state index in [1.54, 1.807) is 0 Å². The zero-order valence-electron chi connectivity index (χ0n) is 12.1. The number of rotatable bonds is 3. The van der Waals surface area contributed by atoms with Crippen LogP contribution in [0.3, 0.4) is 0 Å². The van der Waals surface area contributed by atoms with Crippen LogP contribution in [0.4, 0.5) is 0 Å². The zero-order chi connectivity index (χ0) is 14.2. The highest BCUT2D eigenvalue weighted by Gasteiger charge is 2.41. The van der Waals surface area contributed by atoms with Gasteiger partial charge in [0.2, 0.25) is 0 Å². The van der Waals surface area contributed by atoms with Crippen molar-refractivity contribution in [2.24, 2.45) is 11.8 Å². The van der Waals surface area contributed by atoms with Gasteiger partial charge in [-0.15, -0.1) is 0 Å². The van der Waals surface area contributed by atoms with E-state index in [1.165, 1.54) is 12.0 Å². The van der Waals surface area contributed by atoms with Crippen molar-refractivity contribution in [2.75, 3.05) is 13.1 Å². The third-order valence-electron chi connectivity index (χ3n) is 4.96. The Morgan fingerprint density at radius 1 is 1.14 bits per heavy atom. The van der Waals surface area contributed by atoms with Gasteiger partial charge in [0.05, 0.1) is 18.0 Å². The highest BCUT2D eigenvalue weighted by molar-refractivity contribution is 5.30. The second-order valence-electron chi connectivity index (χ2n) is 6.39. The molecule has 0 bridgehead atoms. The molecule has 1 N–H and O–H groups in total. The zero-order valence-corrected chi connectivity index (χ0v) is 12.1. The molecule has 3 unspecified atom stereocenters. The molecule has 2 heterocycles. The third kappa shape index (κ3) is 2.49. The maximum atomic E-state index is 9.99. The van der Waals surface area contributed by atoms with E-state index in [1.807, 2.05) is 29.1 Å². The van der Waals surface area contributed by atoms with Crippen LogP contribution in [0, 0.1) is 11.8 Å². The molecule has 0 amide bonds. The molecular formula is C17H21N3O. The lowest BCUT2D eigenvalue weighted by Gasteiger charge is -2.16. The Hall–Kier alpha value is -1.65. The average molecular weight is 283 g/mol. The van der Waals surface area contributed by atoms with Gasteiger partial charge in [0.15, 0.2) is 0 Å². The van der Waals surface area contributed by atoms with Crippen molar-refractivity contribution in [3.63, 3.8) is 0 Å². The Labute approximate surface area is 125 Å². The van der Waals surface area contributed by atoms with E-state index in [-0.39, 0.29) is 6.10 Å². The van der Waals surface area contributed by atoms with Gasteiger partial charge in [-0.3, -0.25) is 4.90 Å². The summed E-state index contributed by atoms with van der Waals surface area (Å²) in [6.45, 7) is 3.09. The molecule has 0 radical (unpaired) electrons. The molecule has 1 aromatic carbocycles. The van der Waals surface area contributed by atoms with Crippen LogP contribution >= 0.6 is 0 Å². The number of aliphatic hydroxyl groups excluding tert-OH is 1. The third-order valence-corrected chi connectivity index (χ3v) is 4.96. The predicted molar refractivity (Wildman–Crippen MR) is 81.1 cm³/mol. The fourth-order valence-corrected chi connectivity index (χ4v) is 3.88. The Bertz CT molecular complexity index is 610. The summed E-state index contributed by atoms with van der Waals surface area (Å²) in [6.07, 6.45) is 6.17. The number of likely N-dealkylation sites (tertiary alicyclic amines) is 1. The van der Waals surface area contributed by atoms with Gasteiger partial charge in [-0.2, -0.15) is 5.10 Å². The Morgan fingerprint density at radius 3 is 2.81 bits per heavy atom. The molecule has 1 saturated heterocycles. The number of hydrogen-bond acceptors (Lipinski definition) is 3. The standard InChI is InChI=1S/C17H21N3O/c21-17-7-6-14-11-19(12-16(14)17)9-13-8-18-20(10-13)15-4-2-1-3-5-15/h1-5,8,10,14,16-17,21H,6-7,9,11-12H2. The Kier molecular flexibility index (Phi) is 3.28. The lowest BCUT2D eigenvalue weighted by molar-refractivity contribution is 0.123. The summed E-state index contributed by atoms with van der Waals surface area (Å²) in [5.74, 6) is 1.19. The van der Waals surface area contributed by atoms with Gasteiger partial charge >= 0.3 is 0 Å². The summed E-state index contributed by atoms with van der Waals surface area (Å²) in [5.41, 5.74) is 2.34. The van der Waals surface area contributed by atoms with E-state index < -0.39 is 0 Å². The molecule has 4 rings (SSSR count). The van der Waals surface area contributed by atoms with Gasteiger partial charge in [-0.1, -0.05) is 18.2 Å². The molecule has 1 saturated carbocycles.